The van der Waals surface area contributed by atoms with Crippen molar-refractivity contribution in [3.63, 3.8) is 0 Å². The zero-order valence-corrected chi connectivity index (χ0v) is 22.7. The fourth-order valence-electron chi connectivity index (χ4n) is 4.02. The van der Waals surface area contributed by atoms with Crippen molar-refractivity contribution in [1.82, 2.24) is 20.1 Å². The third-order valence-electron chi connectivity index (χ3n) is 5.79. The van der Waals surface area contributed by atoms with Gasteiger partial charge >= 0.3 is 0 Å². The highest BCUT2D eigenvalue weighted by Gasteiger charge is 2.22. The van der Waals surface area contributed by atoms with Gasteiger partial charge in [0.05, 0.1) is 21.4 Å². The zero-order valence-electron chi connectivity index (χ0n) is 19.6. The second-order valence-corrected chi connectivity index (χ2v) is 11.0. The van der Waals surface area contributed by atoms with Crippen LogP contribution in [0.5, 0.6) is 0 Å². The molecule has 0 radical (unpaired) electrons. The topological polar surface area (TPSA) is 113 Å². The van der Waals surface area contributed by atoms with E-state index in [1.807, 2.05) is 11.5 Å². The van der Waals surface area contributed by atoms with Crippen LogP contribution < -0.4 is 10.6 Å². The standard InChI is InChI=1S/C24H24Cl2N6O2S2/c1-2-32-20(9-10-28-22(34)14-7-8-17(25)18(26)11-14)30-31-24(32)35-13-21(33)29-23-16(12-27)15-5-3-4-6-19(15)36-23/h7-8,11H,2-6,9-10,13H2,1H3,(H,28,34)(H,29,33). The number of aryl methyl sites for hydroxylation is 1. The second kappa shape index (κ2) is 12.1. The molecule has 12 heteroatoms. The first kappa shape index (κ1) is 26.5. The number of fused-ring (bicyclic) bond motifs is 1. The number of nitrogens with one attached hydrogen (secondary N) is 2. The number of rotatable bonds is 9. The molecule has 3 aromatic rings. The van der Waals surface area contributed by atoms with Gasteiger partial charge in [-0.3, -0.25) is 9.59 Å². The van der Waals surface area contributed by atoms with Crippen LogP contribution in [0.25, 0.3) is 0 Å². The van der Waals surface area contributed by atoms with Crippen LogP contribution in [0.15, 0.2) is 23.4 Å². The molecule has 0 unspecified atom stereocenters. The average Bonchev–Trinajstić information content (AvgIpc) is 3.43. The summed E-state index contributed by atoms with van der Waals surface area (Å²) in [5, 5.41) is 25.8. The van der Waals surface area contributed by atoms with Gasteiger partial charge < -0.3 is 15.2 Å². The van der Waals surface area contributed by atoms with E-state index in [1.165, 1.54) is 34.0 Å². The maximum absolute atomic E-state index is 12.6. The molecule has 1 aromatic carbocycles. The number of hydrogen-bond acceptors (Lipinski definition) is 7. The fourth-order valence-corrected chi connectivity index (χ4v) is 6.40. The minimum absolute atomic E-state index is 0.152. The summed E-state index contributed by atoms with van der Waals surface area (Å²) in [7, 11) is 0. The molecule has 4 rings (SSSR count). The largest absolute Gasteiger partial charge is 0.352 e. The van der Waals surface area contributed by atoms with Crippen molar-refractivity contribution in [2.24, 2.45) is 0 Å². The zero-order chi connectivity index (χ0) is 25.7. The van der Waals surface area contributed by atoms with Crippen LogP contribution in [0.3, 0.4) is 0 Å². The summed E-state index contributed by atoms with van der Waals surface area (Å²) in [6, 6.07) is 6.99. The third-order valence-corrected chi connectivity index (χ3v) is 8.71. The lowest BCUT2D eigenvalue weighted by Gasteiger charge is -2.09. The molecule has 1 aliphatic carbocycles. The summed E-state index contributed by atoms with van der Waals surface area (Å²) >= 11 is 14.7. The van der Waals surface area contributed by atoms with E-state index in [0.29, 0.717) is 56.7 Å². The smallest absolute Gasteiger partial charge is 0.251 e. The van der Waals surface area contributed by atoms with Crippen LogP contribution in [0, 0.1) is 11.3 Å². The van der Waals surface area contributed by atoms with Crippen LogP contribution >= 0.6 is 46.3 Å². The SMILES string of the molecule is CCn1c(CCNC(=O)c2ccc(Cl)c(Cl)c2)nnc1SCC(=O)Nc1sc2c(c1C#N)CCCC2. The van der Waals surface area contributed by atoms with E-state index >= 15 is 0 Å². The molecule has 0 bridgehead atoms. The molecule has 1 aliphatic rings. The number of nitriles is 1. The highest BCUT2D eigenvalue weighted by Crippen LogP contribution is 2.37. The highest BCUT2D eigenvalue weighted by molar-refractivity contribution is 7.99. The van der Waals surface area contributed by atoms with Gasteiger partial charge in [0.15, 0.2) is 5.16 Å². The molecule has 2 aromatic heterocycles. The van der Waals surface area contributed by atoms with Gasteiger partial charge in [-0.15, -0.1) is 21.5 Å². The number of anilines is 1. The Morgan fingerprint density at radius 3 is 2.78 bits per heavy atom. The molecule has 2 heterocycles. The Bertz CT molecular complexity index is 1330. The van der Waals surface area contributed by atoms with Crippen molar-refractivity contribution in [2.75, 3.05) is 17.6 Å². The lowest BCUT2D eigenvalue weighted by atomic mass is 9.96. The predicted octanol–water partition coefficient (Wildman–Crippen LogP) is 5.12. The van der Waals surface area contributed by atoms with Gasteiger partial charge in [0.25, 0.3) is 5.91 Å². The van der Waals surface area contributed by atoms with Crippen molar-refractivity contribution in [2.45, 2.75) is 50.7 Å². The van der Waals surface area contributed by atoms with E-state index in [2.05, 4.69) is 26.9 Å². The molecule has 0 saturated carbocycles. The van der Waals surface area contributed by atoms with Gasteiger partial charge in [0.2, 0.25) is 5.91 Å². The van der Waals surface area contributed by atoms with E-state index in [1.54, 1.807) is 12.1 Å². The lowest BCUT2D eigenvalue weighted by molar-refractivity contribution is -0.113. The quantitative estimate of drug-likeness (QED) is 0.350. The Hall–Kier alpha value is -2.58. The van der Waals surface area contributed by atoms with Gasteiger partial charge in [-0.05, 0) is 56.4 Å². The summed E-state index contributed by atoms with van der Waals surface area (Å²) in [5.41, 5.74) is 2.13. The van der Waals surface area contributed by atoms with Crippen molar-refractivity contribution < 1.29 is 9.59 Å². The van der Waals surface area contributed by atoms with Gasteiger partial charge in [-0.25, -0.2) is 0 Å². The fraction of sp³-hybridized carbons (Fsp3) is 0.375. The normalized spacial score (nSPS) is 12.6. The first-order chi connectivity index (χ1) is 17.4. The molecule has 2 amide bonds. The number of aromatic nitrogens is 3. The van der Waals surface area contributed by atoms with Gasteiger partial charge in [-0.1, -0.05) is 35.0 Å². The Labute approximate surface area is 227 Å². The third kappa shape index (κ3) is 6.03. The molecule has 0 spiro atoms. The molecule has 0 fully saturated rings. The van der Waals surface area contributed by atoms with E-state index in [4.69, 9.17) is 23.2 Å². The Morgan fingerprint density at radius 2 is 2.03 bits per heavy atom. The minimum atomic E-state index is -0.255. The molecular weight excluding hydrogens is 539 g/mol. The van der Waals surface area contributed by atoms with Gasteiger partial charge in [-0.2, -0.15) is 5.26 Å². The number of carbonyl (C=O) groups is 2. The second-order valence-electron chi connectivity index (χ2n) is 8.14. The molecule has 36 heavy (non-hydrogen) atoms. The first-order valence-electron chi connectivity index (χ1n) is 11.5. The van der Waals surface area contributed by atoms with Crippen LogP contribution in [0.2, 0.25) is 10.0 Å². The number of thioether (sulfide) groups is 1. The average molecular weight is 564 g/mol. The van der Waals surface area contributed by atoms with Crippen molar-refractivity contribution in [1.29, 1.82) is 5.26 Å². The lowest BCUT2D eigenvalue weighted by Crippen LogP contribution is -2.26. The number of amides is 2. The van der Waals surface area contributed by atoms with Crippen LogP contribution in [-0.4, -0.2) is 38.9 Å². The number of carbonyl (C=O) groups excluding carboxylic acids is 2. The monoisotopic (exact) mass is 562 g/mol. The van der Waals surface area contributed by atoms with E-state index in [0.717, 1.165) is 31.2 Å². The number of halogens is 2. The number of nitrogens with zero attached hydrogens (tertiary/aromatic N) is 4. The van der Waals surface area contributed by atoms with E-state index in [9.17, 15) is 14.9 Å². The Kier molecular flexibility index (Phi) is 8.90. The predicted molar refractivity (Wildman–Crippen MR) is 143 cm³/mol. The molecule has 2 N–H and O–H groups in total. The summed E-state index contributed by atoms with van der Waals surface area (Å²) in [4.78, 5) is 26.2. The van der Waals surface area contributed by atoms with Crippen molar-refractivity contribution in [3.05, 3.63) is 55.6 Å². The van der Waals surface area contributed by atoms with Crippen molar-refractivity contribution in [3.8, 4) is 6.07 Å². The Balaban J connectivity index is 1.31. The summed E-state index contributed by atoms with van der Waals surface area (Å²) in [6.07, 6.45) is 4.55. The molecule has 8 nitrogen and oxygen atoms in total. The van der Waals surface area contributed by atoms with Gasteiger partial charge in [0.1, 0.15) is 16.9 Å². The van der Waals surface area contributed by atoms with Gasteiger partial charge in [0, 0.05) is 30.0 Å². The molecule has 0 saturated heterocycles. The van der Waals surface area contributed by atoms with Crippen LogP contribution in [-0.2, 0) is 30.6 Å². The summed E-state index contributed by atoms with van der Waals surface area (Å²) < 4.78 is 1.92. The van der Waals surface area contributed by atoms with Crippen LogP contribution in [0.1, 0.15) is 52.0 Å². The van der Waals surface area contributed by atoms with E-state index < -0.39 is 0 Å². The molecular formula is C24H24Cl2N6O2S2. The summed E-state index contributed by atoms with van der Waals surface area (Å²) in [5.74, 6) is 0.428. The van der Waals surface area contributed by atoms with E-state index in [-0.39, 0.29) is 17.6 Å². The van der Waals surface area contributed by atoms with Crippen LogP contribution in [0.4, 0.5) is 5.00 Å². The number of thiophene rings is 1. The maximum atomic E-state index is 12.6. The number of benzene rings is 1. The summed E-state index contributed by atoms with van der Waals surface area (Å²) in [6.45, 7) is 2.96. The number of hydrogen-bond donors (Lipinski definition) is 2. The maximum Gasteiger partial charge on any atom is 0.251 e. The Morgan fingerprint density at radius 1 is 1.22 bits per heavy atom. The minimum Gasteiger partial charge on any atom is -0.352 e. The molecule has 0 aliphatic heterocycles. The van der Waals surface area contributed by atoms with Crippen molar-refractivity contribution >= 4 is 63.1 Å². The first-order valence-corrected chi connectivity index (χ1v) is 14.1. The highest BCUT2D eigenvalue weighted by atomic mass is 35.5. The molecule has 188 valence electrons. The molecule has 0 atom stereocenters.